The van der Waals surface area contributed by atoms with E-state index in [4.69, 9.17) is 19.8 Å². The SMILES string of the molecule is Cc1cc(F)c(B2OC(C)(C)C(C)(C)O2)cc1-c1cc(OCc2ccccn2)ccc1C(N)=O. The molecule has 2 aromatic carbocycles. The van der Waals surface area contributed by atoms with E-state index in [1.54, 1.807) is 37.4 Å². The quantitative estimate of drug-likeness (QED) is 0.556. The van der Waals surface area contributed by atoms with Crippen molar-refractivity contribution in [1.29, 1.82) is 0 Å². The van der Waals surface area contributed by atoms with E-state index in [1.165, 1.54) is 6.07 Å². The summed E-state index contributed by atoms with van der Waals surface area (Å²) in [5, 5.41) is 0. The number of nitrogens with two attached hydrogens (primary N) is 1. The fourth-order valence-electron chi connectivity index (χ4n) is 3.82. The topological polar surface area (TPSA) is 83.7 Å². The van der Waals surface area contributed by atoms with E-state index in [9.17, 15) is 4.79 Å². The molecule has 3 aromatic rings. The molecular weight excluding hydrogens is 434 g/mol. The number of primary amides is 1. The van der Waals surface area contributed by atoms with Crippen LogP contribution in [0.4, 0.5) is 4.39 Å². The molecule has 0 unspecified atom stereocenters. The summed E-state index contributed by atoms with van der Waals surface area (Å²) in [5.41, 5.74) is 7.59. The van der Waals surface area contributed by atoms with Crippen molar-refractivity contribution in [3.8, 4) is 16.9 Å². The third-order valence-corrected chi connectivity index (χ3v) is 6.51. The van der Waals surface area contributed by atoms with Gasteiger partial charge in [0.05, 0.1) is 16.9 Å². The number of hydrogen-bond acceptors (Lipinski definition) is 5. The number of nitrogens with zero attached hydrogens (tertiary/aromatic N) is 1. The molecule has 0 aliphatic carbocycles. The van der Waals surface area contributed by atoms with Crippen molar-refractivity contribution in [2.24, 2.45) is 5.73 Å². The van der Waals surface area contributed by atoms with Crippen LogP contribution in [-0.2, 0) is 15.9 Å². The lowest BCUT2D eigenvalue weighted by molar-refractivity contribution is 0.00578. The minimum Gasteiger partial charge on any atom is -0.487 e. The smallest absolute Gasteiger partial charge is 0.487 e. The molecule has 2 N–H and O–H groups in total. The molecule has 2 heterocycles. The first-order valence-corrected chi connectivity index (χ1v) is 11.1. The van der Waals surface area contributed by atoms with Gasteiger partial charge >= 0.3 is 7.12 Å². The summed E-state index contributed by atoms with van der Waals surface area (Å²) in [6, 6.07) is 13.7. The Labute approximate surface area is 199 Å². The van der Waals surface area contributed by atoms with Gasteiger partial charge < -0.3 is 19.8 Å². The monoisotopic (exact) mass is 462 g/mol. The lowest BCUT2D eigenvalue weighted by atomic mass is 9.76. The maximum absolute atomic E-state index is 15.1. The van der Waals surface area contributed by atoms with Gasteiger partial charge in [0, 0.05) is 17.2 Å². The molecule has 1 aliphatic rings. The first-order valence-electron chi connectivity index (χ1n) is 11.1. The molecule has 1 saturated heterocycles. The average Bonchev–Trinajstić information content (AvgIpc) is 2.99. The number of amides is 1. The van der Waals surface area contributed by atoms with Crippen LogP contribution in [0.1, 0.15) is 49.3 Å². The Balaban J connectivity index is 1.74. The number of halogens is 1. The van der Waals surface area contributed by atoms with Crippen LogP contribution >= 0.6 is 0 Å². The molecule has 1 amide bonds. The minimum atomic E-state index is -0.884. The van der Waals surface area contributed by atoms with Crippen LogP contribution in [0.15, 0.2) is 54.7 Å². The summed E-state index contributed by atoms with van der Waals surface area (Å²) in [6.45, 7) is 9.68. The Bertz CT molecular complexity index is 1210. The second kappa shape index (κ2) is 8.85. The van der Waals surface area contributed by atoms with E-state index >= 15 is 4.39 Å². The molecule has 0 radical (unpaired) electrons. The van der Waals surface area contributed by atoms with Crippen LogP contribution < -0.4 is 15.9 Å². The van der Waals surface area contributed by atoms with Crippen LogP contribution in [0.25, 0.3) is 11.1 Å². The highest BCUT2D eigenvalue weighted by Crippen LogP contribution is 2.37. The predicted octanol–water partition coefficient (Wildman–Crippen LogP) is 4.17. The highest BCUT2D eigenvalue weighted by molar-refractivity contribution is 6.62. The Morgan fingerprint density at radius 2 is 1.76 bits per heavy atom. The summed E-state index contributed by atoms with van der Waals surface area (Å²) in [4.78, 5) is 16.5. The summed E-state index contributed by atoms with van der Waals surface area (Å²) in [6.07, 6.45) is 1.69. The first-order chi connectivity index (χ1) is 16.0. The molecule has 34 heavy (non-hydrogen) atoms. The van der Waals surface area contributed by atoms with Gasteiger partial charge in [-0.15, -0.1) is 0 Å². The molecule has 0 atom stereocenters. The van der Waals surface area contributed by atoms with Crippen molar-refractivity contribution in [2.75, 3.05) is 0 Å². The van der Waals surface area contributed by atoms with Gasteiger partial charge in [-0.1, -0.05) is 12.1 Å². The van der Waals surface area contributed by atoms with Crippen molar-refractivity contribution in [3.05, 3.63) is 77.4 Å². The van der Waals surface area contributed by atoms with E-state index in [1.807, 2.05) is 45.9 Å². The van der Waals surface area contributed by atoms with Gasteiger partial charge in [-0.3, -0.25) is 9.78 Å². The van der Waals surface area contributed by atoms with Crippen molar-refractivity contribution < 1.29 is 23.2 Å². The molecule has 6 nitrogen and oxygen atoms in total. The number of aromatic nitrogens is 1. The van der Waals surface area contributed by atoms with Crippen LogP contribution in [0, 0.1) is 12.7 Å². The third-order valence-electron chi connectivity index (χ3n) is 6.51. The van der Waals surface area contributed by atoms with Gasteiger partial charge in [-0.2, -0.15) is 0 Å². The maximum Gasteiger partial charge on any atom is 0.497 e. The average molecular weight is 462 g/mol. The number of rotatable bonds is 6. The normalized spacial score (nSPS) is 16.5. The summed E-state index contributed by atoms with van der Waals surface area (Å²) in [7, 11) is -0.884. The third kappa shape index (κ3) is 4.56. The minimum absolute atomic E-state index is 0.259. The van der Waals surface area contributed by atoms with Crippen molar-refractivity contribution in [1.82, 2.24) is 4.98 Å². The van der Waals surface area contributed by atoms with Gasteiger partial charge in [0.25, 0.3) is 0 Å². The van der Waals surface area contributed by atoms with Crippen molar-refractivity contribution in [3.63, 3.8) is 0 Å². The second-order valence-corrected chi connectivity index (χ2v) is 9.46. The van der Waals surface area contributed by atoms with Crippen LogP contribution in [0.5, 0.6) is 5.75 Å². The number of pyridine rings is 1. The summed E-state index contributed by atoms with van der Waals surface area (Å²) >= 11 is 0. The molecule has 4 rings (SSSR count). The summed E-state index contributed by atoms with van der Waals surface area (Å²) < 4.78 is 33.1. The first kappa shape index (κ1) is 23.9. The molecule has 0 saturated carbocycles. The van der Waals surface area contributed by atoms with E-state index in [2.05, 4.69) is 4.98 Å². The lowest BCUT2D eigenvalue weighted by Crippen LogP contribution is -2.41. The Kier molecular flexibility index (Phi) is 6.23. The highest BCUT2D eigenvalue weighted by atomic mass is 19.1. The number of hydrogen-bond donors (Lipinski definition) is 1. The Hall–Kier alpha value is -3.23. The highest BCUT2D eigenvalue weighted by Gasteiger charge is 2.52. The number of aryl methyl sites for hydroxylation is 1. The molecular formula is C26H28BFN2O4. The number of ether oxygens (including phenoxy) is 1. The van der Waals surface area contributed by atoms with Crippen LogP contribution in [0.3, 0.4) is 0 Å². The van der Waals surface area contributed by atoms with Crippen molar-refractivity contribution >= 4 is 18.5 Å². The zero-order valence-corrected chi connectivity index (χ0v) is 20.0. The molecule has 1 aromatic heterocycles. The summed E-state index contributed by atoms with van der Waals surface area (Å²) in [5.74, 6) is -0.498. The Morgan fingerprint density at radius 1 is 1.06 bits per heavy atom. The predicted molar refractivity (Wildman–Crippen MR) is 129 cm³/mol. The van der Waals surface area contributed by atoms with Gasteiger partial charge in [0.2, 0.25) is 5.91 Å². The van der Waals surface area contributed by atoms with Crippen LogP contribution in [0.2, 0.25) is 0 Å². The maximum atomic E-state index is 15.1. The van der Waals surface area contributed by atoms with Gasteiger partial charge in [-0.25, -0.2) is 4.39 Å². The molecule has 8 heteroatoms. The lowest BCUT2D eigenvalue weighted by Gasteiger charge is -2.32. The second-order valence-electron chi connectivity index (χ2n) is 9.46. The Morgan fingerprint density at radius 3 is 2.38 bits per heavy atom. The van der Waals surface area contributed by atoms with E-state index in [-0.39, 0.29) is 12.1 Å². The molecule has 176 valence electrons. The van der Waals surface area contributed by atoms with E-state index < -0.39 is 30.0 Å². The van der Waals surface area contributed by atoms with Crippen molar-refractivity contribution in [2.45, 2.75) is 52.4 Å². The van der Waals surface area contributed by atoms with E-state index in [0.717, 1.165) is 5.69 Å². The molecule has 1 aliphatic heterocycles. The number of carbonyl (C=O) groups excluding carboxylic acids is 1. The zero-order chi connectivity index (χ0) is 24.7. The molecule has 0 spiro atoms. The fourth-order valence-corrected chi connectivity index (χ4v) is 3.82. The largest absolute Gasteiger partial charge is 0.497 e. The fraction of sp³-hybridized carbons (Fsp3) is 0.308. The van der Waals surface area contributed by atoms with Gasteiger partial charge in [-0.05, 0) is 87.7 Å². The number of carbonyl (C=O) groups is 1. The van der Waals surface area contributed by atoms with Gasteiger partial charge in [0.15, 0.2) is 0 Å². The van der Waals surface area contributed by atoms with Crippen LogP contribution in [-0.4, -0.2) is 29.2 Å². The molecule has 1 fully saturated rings. The molecule has 0 bridgehead atoms. The number of benzene rings is 2. The van der Waals surface area contributed by atoms with Gasteiger partial charge in [0.1, 0.15) is 18.2 Å². The van der Waals surface area contributed by atoms with E-state index in [0.29, 0.717) is 28.0 Å². The standard InChI is InChI=1S/C26H28BFN2O4/c1-16-12-23(28)22(27-33-25(2,3)26(4,5)34-27)14-20(16)21-13-18(9-10-19(21)24(29)31)32-15-17-8-6-7-11-30-17/h6-14H,15H2,1-5H3,(H2,29,31). The zero-order valence-electron chi connectivity index (χ0n) is 20.0.